The highest BCUT2D eigenvalue weighted by Crippen LogP contribution is 2.34. The van der Waals surface area contributed by atoms with E-state index in [1.807, 2.05) is 24.5 Å². The number of aromatic nitrogens is 5. The van der Waals surface area contributed by atoms with Crippen LogP contribution in [0.4, 0.5) is 11.4 Å². The molecule has 8 heteroatoms. The first-order chi connectivity index (χ1) is 17.0. The molecular formula is C27H27N7O. The number of ketones is 1. The zero-order valence-electron chi connectivity index (χ0n) is 19.8. The third-order valence-corrected chi connectivity index (χ3v) is 6.93. The number of nitrogens with zero attached hydrogens (tertiary/aromatic N) is 5. The van der Waals surface area contributed by atoms with Crippen molar-refractivity contribution in [3.63, 3.8) is 0 Å². The molecule has 0 aliphatic carbocycles. The summed E-state index contributed by atoms with van der Waals surface area (Å²) < 4.78 is 2.05. The Bertz CT molecular complexity index is 1540. The van der Waals surface area contributed by atoms with E-state index in [0.29, 0.717) is 11.6 Å². The van der Waals surface area contributed by atoms with Gasteiger partial charge in [0.1, 0.15) is 0 Å². The second-order valence-corrected chi connectivity index (χ2v) is 9.34. The molecular weight excluding hydrogens is 438 g/mol. The summed E-state index contributed by atoms with van der Waals surface area (Å²) in [7, 11) is 2.16. The first kappa shape index (κ1) is 21.5. The number of fused-ring (bicyclic) bond motifs is 2. The topological polar surface area (TPSA) is 91.7 Å². The normalized spacial score (nSPS) is 15.1. The predicted octanol–water partition coefficient (Wildman–Crippen LogP) is 5.19. The van der Waals surface area contributed by atoms with Gasteiger partial charge in [-0.1, -0.05) is 12.1 Å². The molecule has 2 aromatic carbocycles. The maximum atomic E-state index is 12.5. The lowest BCUT2D eigenvalue weighted by atomic mass is 10.00. The van der Waals surface area contributed by atoms with Crippen LogP contribution in [0.3, 0.4) is 0 Å². The van der Waals surface area contributed by atoms with E-state index in [0.717, 1.165) is 70.4 Å². The van der Waals surface area contributed by atoms with E-state index in [4.69, 9.17) is 0 Å². The maximum Gasteiger partial charge on any atom is 0.163 e. The number of carbonyl (C=O) groups excluding carboxylic acids is 1. The second-order valence-electron chi connectivity index (χ2n) is 9.34. The molecule has 176 valence electrons. The highest BCUT2D eigenvalue weighted by atomic mass is 16.1. The average molecular weight is 466 g/mol. The minimum absolute atomic E-state index is 0.0334. The number of hydrogen-bond acceptors (Lipinski definition) is 6. The van der Waals surface area contributed by atoms with Crippen molar-refractivity contribution in [1.82, 2.24) is 29.6 Å². The fourth-order valence-electron chi connectivity index (χ4n) is 4.90. The summed E-state index contributed by atoms with van der Waals surface area (Å²) in [6.07, 6.45) is 9.40. The maximum absolute atomic E-state index is 12.5. The van der Waals surface area contributed by atoms with E-state index in [-0.39, 0.29) is 5.78 Å². The average Bonchev–Trinajstić information content (AvgIpc) is 3.53. The summed E-state index contributed by atoms with van der Waals surface area (Å²) in [6.45, 7) is 3.72. The number of likely N-dealkylation sites (tertiary alicyclic amines) is 1. The monoisotopic (exact) mass is 465 g/mol. The number of hydrogen-bond donors (Lipinski definition) is 2. The van der Waals surface area contributed by atoms with Gasteiger partial charge in [-0.2, -0.15) is 5.10 Å². The number of H-pyrrole nitrogens is 1. The molecule has 4 heterocycles. The van der Waals surface area contributed by atoms with Gasteiger partial charge in [0.25, 0.3) is 0 Å². The summed E-state index contributed by atoms with van der Waals surface area (Å²) in [6, 6.07) is 12.7. The van der Waals surface area contributed by atoms with E-state index in [1.165, 1.54) is 0 Å². The van der Waals surface area contributed by atoms with Crippen LogP contribution < -0.4 is 5.32 Å². The van der Waals surface area contributed by atoms with Crippen LogP contribution in [0.2, 0.25) is 0 Å². The van der Waals surface area contributed by atoms with Crippen molar-refractivity contribution < 1.29 is 4.79 Å². The van der Waals surface area contributed by atoms with Gasteiger partial charge in [0.2, 0.25) is 0 Å². The number of pyridine rings is 1. The summed E-state index contributed by atoms with van der Waals surface area (Å²) in [5.41, 5.74) is 7.03. The number of anilines is 2. The van der Waals surface area contributed by atoms with Crippen LogP contribution in [0.25, 0.3) is 33.1 Å². The first-order valence-electron chi connectivity index (χ1n) is 11.9. The van der Waals surface area contributed by atoms with Gasteiger partial charge in [0.05, 0.1) is 52.1 Å². The molecule has 1 aliphatic heterocycles. The number of piperidine rings is 1. The van der Waals surface area contributed by atoms with Gasteiger partial charge in [-0.3, -0.25) is 14.5 Å². The van der Waals surface area contributed by atoms with Gasteiger partial charge in [0, 0.05) is 17.8 Å². The van der Waals surface area contributed by atoms with Crippen molar-refractivity contribution in [3.8, 4) is 11.1 Å². The molecule has 0 atom stereocenters. The fraction of sp³-hybridized carbons (Fsp3) is 0.259. The number of Topliss-reactive ketones (excluding diaryl/α,β-unsaturated/α-hetero) is 1. The Hall–Kier alpha value is -4.04. The smallest absolute Gasteiger partial charge is 0.163 e. The molecule has 0 saturated carbocycles. The lowest BCUT2D eigenvalue weighted by Crippen LogP contribution is -2.31. The minimum atomic E-state index is -0.0334. The Balaban J connectivity index is 1.39. The lowest BCUT2D eigenvalue weighted by Gasteiger charge is -2.28. The molecule has 0 spiro atoms. The summed E-state index contributed by atoms with van der Waals surface area (Å²) in [5.74, 6) is -0.0334. The van der Waals surface area contributed by atoms with Gasteiger partial charge in [-0.05, 0) is 75.3 Å². The SMILES string of the molecule is CC(=O)c1cnc2ccc(-c3ccc4nc[nH]c4c3)cc2c1Nc1cnn(C2CCN(C)CC2)c1. The third-order valence-electron chi connectivity index (χ3n) is 6.93. The molecule has 6 rings (SSSR count). The van der Waals surface area contributed by atoms with E-state index in [1.54, 1.807) is 19.4 Å². The zero-order valence-corrected chi connectivity index (χ0v) is 19.8. The number of aromatic amines is 1. The van der Waals surface area contributed by atoms with Crippen LogP contribution in [0.15, 0.2) is 61.3 Å². The molecule has 5 aromatic rings. The Morgan fingerprint density at radius 2 is 1.80 bits per heavy atom. The summed E-state index contributed by atoms with van der Waals surface area (Å²) in [4.78, 5) is 26.9. The van der Waals surface area contributed by atoms with Gasteiger partial charge in [-0.15, -0.1) is 0 Å². The van der Waals surface area contributed by atoms with Crippen LogP contribution in [-0.2, 0) is 0 Å². The number of imidazole rings is 1. The van der Waals surface area contributed by atoms with Gasteiger partial charge < -0.3 is 15.2 Å². The number of carbonyl (C=O) groups is 1. The highest BCUT2D eigenvalue weighted by molar-refractivity contribution is 6.08. The van der Waals surface area contributed by atoms with E-state index in [2.05, 4.69) is 66.3 Å². The van der Waals surface area contributed by atoms with Crippen LogP contribution in [-0.4, -0.2) is 55.6 Å². The van der Waals surface area contributed by atoms with Crippen molar-refractivity contribution in [1.29, 1.82) is 0 Å². The Kier molecular flexibility index (Phi) is 5.30. The molecule has 0 bridgehead atoms. The van der Waals surface area contributed by atoms with Gasteiger partial charge in [0.15, 0.2) is 5.78 Å². The molecule has 0 amide bonds. The van der Waals surface area contributed by atoms with Crippen molar-refractivity contribution in [3.05, 3.63) is 66.9 Å². The van der Waals surface area contributed by atoms with E-state index in [9.17, 15) is 4.79 Å². The minimum Gasteiger partial charge on any atom is -0.352 e. The molecule has 8 nitrogen and oxygen atoms in total. The third kappa shape index (κ3) is 4.06. The quantitative estimate of drug-likeness (QED) is 0.347. The van der Waals surface area contributed by atoms with Crippen molar-refractivity contribution >= 4 is 39.1 Å². The van der Waals surface area contributed by atoms with Crippen molar-refractivity contribution in [2.45, 2.75) is 25.8 Å². The predicted molar refractivity (Wildman–Crippen MR) is 138 cm³/mol. The van der Waals surface area contributed by atoms with Crippen LogP contribution in [0.1, 0.15) is 36.2 Å². The van der Waals surface area contributed by atoms with Gasteiger partial charge in [-0.25, -0.2) is 4.98 Å². The molecule has 1 aliphatic rings. The molecule has 35 heavy (non-hydrogen) atoms. The van der Waals surface area contributed by atoms with Crippen LogP contribution in [0.5, 0.6) is 0 Å². The van der Waals surface area contributed by atoms with Crippen LogP contribution in [0, 0.1) is 0 Å². The highest BCUT2D eigenvalue weighted by Gasteiger charge is 2.20. The Morgan fingerprint density at radius 1 is 1.03 bits per heavy atom. The summed E-state index contributed by atoms with van der Waals surface area (Å²) >= 11 is 0. The van der Waals surface area contributed by atoms with E-state index < -0.39 is 0 Å². The standard InChI is InChI=1S/C27H27N7O/c1-17(35)23-14-28-24-5-3-18(19-4-6-25-26(12-19)30-16-29-25)11-22(24)27(23)32-20-13-31-34(15-20)21-7-9-33(2)10-8-21/h3-6,11-16,21H,7-10H2,1-2H3,(H,28,32)(H,29,30). The molecule has 3 aromatic heterocycles. The lowest BCUT2D eigenvalue weighted by molar-refractivity contribution is 0.101. The molecule has 0 unspecified atom stereocenters. The molecule has 1 saturated heterocycles. The van der Waals surface area contributed by atoms with Crippen molar-refractivity contribution in [2.24, 2.45) is 0 Å². The Labute approximate surface area is 203 Å². The number of rotatable bonds is 5. The van der Waals surface area contributed by atoms with Crippen molar-refractivity contribution in [2.75, 3.05) is 25.5 Å². The Morgan fingerprint density at radius 3 is 2.60 bits per heavy atom. The molecule has 2 N–H and O–H groups in total. The fourth-order valence-corrected chi connectivity index (χ4v) is 4.90. The second kappa shape index (κ2) is 8.63. The number of nitrogens with one attached hydrogen (secondary N) is 2. The zero-order chi connectivity index (χ0) is 23.9. The molecule has 1 fully saturated rings. The van der Waals surface area contributed by atoms with Gasteiger partial charge >= 0.3 is 0 Å². The number of benzene rings is 2. The van der Waals surface area contributed by atoms with Crippen LogP contribution >= 0.6 is 0 Å². The molecule has 0 radical (unpaired) electrons. The summed E-state index contributed by atoms with van der Waals surface area (Å²) in [5, 5.41) is 9.02. The van der Waals surface area contributed by atoms with E-state index >= 15 is 0 Å². The first-order valence-corrected chi connectivity index (χ1v) is 11.9. The largest absolute Gasteiger partial charge is 0.352 e.